The monoisotopic (exact) mass is 240 g/mol. The number of nitrogens with one attached hydrogen (secondary N) is 1. The van der Waals surface area contributed by atoms with E-state index < -0.39 is 0 Å². The molecule has 1 aliphatic rings. The van der Waals surface area contributed by atoms with Crippen molar-refractivity contribution in [3.8, 4) is 0 Å². The molecule has 90 valence electrons. The Labute approximate surface area is 104 Å². The lowest BCUT2D eigenvalue weighted by Crippen LogP contribution is -2.30. The van der Waals surface area contributed by atoms with E-state index in [2.05, 4.69) is 47.6 Å². The topological polar surface area (TPSA) is 15.3 Å². The SMILES string of the molecule is CNC1CCN(CCc2ccccc2)C1.Cl. The predicted octanol–water partition coefficient (Wildman–Crippen LogP) is 1.94. The highest BCUT2D eigenvalue weighted by Crippen LogP contribution is 2.09. The van der Waals surface area contributed by atoms with Gasteiger partial charge in [-0.1, -0.05) is 30.3 Å². The number of benzene rings is 1. The third kappa shape index (κ3) is 3.78. The summed E-state index contributed by atoms with van der Waals surface area (Å²) in [6.07, 6.45) is 2.47. The van der Waals surface area contributed by atoms with Gasteiger partial charge in [-0.15, -0.1) is 12.4 Å². The van der Waals surface area contributed by atoms with Crippen LogP contribution in [0.3, 0.4) is 0 Å². The number of hydrogen-bond donors (Lipinski definition) is 1. The van der Waals surface area contributed by atoms with E-state index in [-0.39, 0.29) is 12.4 Å². The zero-order chi connectivity index (χ0) is 10.5. The number of hydrogen-bond acceptors (Lipinski definition) is 2. The lowest BCUT2D eigenvalue weighted by atomic mass is 10.1. The molecule has 0 spiro atoms. The van der Waals surface area contributed by atoms with Gasteiger partial charge in [-0.25, -0.2) is 0 Å². The fourth-order valence-electron chi connectivity index (χ4n) is 2.20. The summed E-state index contributed by atoms with van der Waals surface area (Å²) in [7, 11) is 2.06. The minimum atomic E-state index is 0. The minimum Gasteiger partial charge on any atom is -0.316 e. The van der Waals surface area contributed by atoms with Crippen LogP contribution >= 0.6 is 12.4 Å². The van der Waals surface area contributed by atoms with Gasteiger partial charge in [0.25, 0.3) is 0 Å². The molecule has 0 radical (unpaired) electrons. The standard InChI is InChI=1S/C13H20N2.ClH/c1-14-13-8-10-15(11-13)9-7-12-5-3-2-4-6-12;/h2-6,13-14H,7-11H2,1H3;1H. The van der Waals surface area contributed by atoms with Gasteiger partial charge in [-0.2, -0.15) is 0 Å². The largest absolute Gasteiger partial charge is 0.316 e. The van der Waals surface area contributed by atoms with Crippen molar-refractivity contribution in [2.75, 3.05) is 26.7 Å². The number of likely N-dealkylation sites (N-methyl/N-ethyl adjacent to an activating group) is 1. The van der Waals surface area contributed by atoms with Gasteiger partial charge in [0.2, 0.25) is 0 Å². The molecule has 1 aromatic rings. The maximum Gasteiger partial charge on any atom is 0.0204 e. The molecule has 1 atom stereocenters. The van der Waals surface area contributed by atoms with Gasteiger partial charge < -0.3 is 10.2 Å². The smallest absolute Gasteiger partial charge is 0.0204 e. The van der Waals surface area contributed by atoms with Gasteiger partial charge in [0.1, 0.15) is 0 Å². The van der Waals surface area contributed by atoms with Crippen LogP contribution in [-0.2, 0) is 6.42 Å². The summed E-state index contributed by atoms with van der Waals surface area (Å²) in [5.41, 5.74) is 1.45. The second-order valence-electron chi connectivity index (χ2n) is 4.31. The third-order valence-electron chi connectivity index (χ3n) is 3.24. The molecule has 0 aliphatic carbocycles. The molecule has 1 N–H and O–H groups in total. The molecule has 2 rings (SSSR count). The first-order chi connectivity index (χ1) is 7.38. The van der Waals surface area contributed by atoms with Crippen molar-refractivity contribution in [1.29, 1.82) is 0 Å². The second kappa shape index (κ2) is 6.89. The lowest BCUT2D eigenvalue weighted by Gasteiger charge is -2.15. The fourth-order valence-corrected chi connectivity index (χ4v) is 2.20. The quantitative estimate of drug-likeness (QED) is 0.866. The van der Waals surface area contributed by atoms with Crippen LogP contribution in [0, 0.1) is 0 Å². The number of rotatable bonds is 4. The second-order valence-corrected chi connectivity index (χ2v) is 4.31. The number of halogens is 1. The zero-order valence-electron chi connectivity index (χ0n) is 9.86. The van der Waals surface area contributed by atoms with Crippen LogP contribution in [0.15, 0.2) is 30.3 Å². The van der Waals surface area contributed by atoms with Crippen molar-refractivity contribution in [3.05, 3.63) is 35.9 Å². The molecule has 0 saturated carbocycles. The van der Waals surface area contributed by atoms with Gasteiger partial charge in [-0.05, 0) is 32.0 Å². The molecule has 1 heterocycles. The normalized spacial score (nSPS) is 20.7. The molecule has 16 heavy (non-hydrogen) atoms. The van der Waals surface area contributed by atoms with Crippen molar-refractivity contribution >= 4 is 12.4 Å². The van der Waals surface area contributed by atoms with Crippen LogP contribution in [0.1, 0.15) is 12.0 Å². The van der Waals surface area contributed by atoms with Crippen LogP contribution in [0.2, 0.25) is 0 Å². The van der Waals surface area contributed by atoms with E-state index in [0.717, 1.165) is 0 Å². The van der Waals surface area contributed by atoms with E-state index >= 15 is 0 Å². The number of nitrogens with zero attached hydrogens (tertiary/aromatic N) is 1. The van der Waals surface area contributed by atoms with E-state index in [0.29, 0.717) is 6.04 Å². The summed E-state index contributed by atoms with van der Waals surface area (Å²) in [5, 5.41) is 3.35. The predicted molar refractivity (Wildman–Crippen MR) is 71.3 cm³/mol. The Kier molecular flexibility index (Phi) is 5.81. The summed E-state index contributed by atoms with van der Waals surface area (Å²) in [5.74, 6) is 0. The summed E-state index contributed by atoms with van der Waals surface area (Å²) in [6.45, 7) is 3.66. The first kappa shape index (κ1) is 13.5. The van der Waals surface area contributed by atoms with Crippen LogP contribution in [-0.4, -0.2) is 37.6 Å². The molecule has 0 aromatic heterocycles. The molecule has 0 amide bonds. The molecule has 1 unspecified atom stereocenters. The van der Waals surface area contributed by atoms with Crippen molar-refractivity contribution < 1.29 is 0 Å². The molecule has 1 aromatic carbocycles. The van der Waals surface area contributed by atoms with Crippen molar-refractivity contribution in [3.63, 3.8) is 0 Å². The Balaban J connectivity index is 0.00000128. The highest BCUT2D eigenvalue weighted by atomic mass is 35.5. The molecule has 3 heteroatoms. The van der Waals surface area contributed by atoms with E-state index in [1.165, 1.54) is 38.0 Å². The Hall–Kier alpha value is -0.570. The van der Waals surface area contributed by atoms with Crippen LogP contribution < -0.4 is 5.32 Å². The molecule has 1 saturated heterocycles. The zero-order valence-corrected chi connectivity index (χ0v) is 10.7. The molecule has 0 bridgehead atoms. The van der Waals surface area contributed by atoms with E-state index in [9.17, 15) is 0 Å². The summed E-state index contributed by atoms with van der Waals surface area (Å²) in [6, 6.07) is 11.5. The van der Waals surface area contributed by atoms with Crippen molar-refractivity contribution in [2.45, 2.75) is 18.9 Å². The van der Waals surface area contributed by atoms with E-state index in [4.69, 9.17) is 0 Å². The Morgan fingerprint density at radius 1 is 1.31 bits per heavy atom. The van der Waals surface area contributed by atoms with Gasteiger partial charge in [0.05, 0.1) is 0 Å². The number of likely N-dealkylation sites (tertiary alicyclic amines) is 1. The molecular formula is C13H21ClN2. The average Bonchev–Trinajstić information content (AvgIpc) is 2.76. The fraction of sp³-hybridized carbons (Fsp3) is 0.538. The molecule has 1 fully saturated rings. The summed E-state index contributed by atoms with van der Waals surface area (Å²) in [4.78, 5) is 2.55. The molecular weight excluding hydrogens is 220 g/mol. The molecule has 1 aliphatic heterocycles. The highest BCUT2D eigenvalue weighted by molar-refractivity contribution is 5.85. The van der Waals surface area contributed by atoms with Crippen molar-refractivity contribution in [1.82, 2.24) is 10.2 Å². The maximum atomic E-state index is 3.35. The van der Waals surface area contributed by atoms with E-state index in [1.54, 1.807) is 0 Å². The maximum absolute atomic E-state index is 3.35. The summed E-state index contributed by atoms with van der Waals surface area (Å²) < 4.78 is 0. The van der Waals surface area contributed by atoms with E-state index in [1.807, 2.05) is 0 Å². The average molecular weight is 241 g/mol. The third-order valence-corrected chi connectivity index (χ3v) is 3.24. The minimum absolute atomic E-state index is 0. The van der Waals surface area contributed by atoms with Crippen LogP contribution in [0.25, 0.3) is 0 Å². The van der Waals surface area contributed by atoms with Gasteiger partial charge in [0.15, 0.2) is 0 Å². The van der Waals surface area contributed by atoms with Crippen molar-refractivity contribution in [2.24, 2.45) is 0 Å². The Morgan fingerprint density at radius 3 is 2.69 bits per heavy atom. The van der Waals surface area contributed by atoms with Crippen LogP contribution in [0.5, 0.6) is 0 Å². The van der Waals surface area contributed by atoms with Gasteiger partial charge in [-0.3, -0.25) is 0 Å². The summed E-state index contributed by atoms with van der Waals surface area (Å²) >= 11 is 0. The van der Waals surface area contributed by atoms with Gasteiger partial charge in [0, 0.05) is 19.1 Å². The van der Waals surface area contributed by atoms with Gasteiger partial charge >= 0.3 is 0 Å². The highest BCUT2D eigenvalue weighted by Gasteiger charge is 2.19. The molecule has 2 nitrogen and oxygen atoms in total. The lowest BCUT2D eigenvalue weighted by molar-refractivity contribution is 0.334. The Bertz CT molecular complexity index is 289. The van der Waals surface area contributed by atoms with Crippen LogP contribution in [0.4, 0.5) is 0 Å². The Morgan fingerprint density at radius 2 is 2.06 bits per heavy atom. The first-order valence-corrected chi connectivity index (χ1v) is 5.82. The first-order valence-electron chi connectivity index (χ1n) is 5.82.